The van der Waals surface area contributed by atoms with Crippen LogP contribution in [0.2, 0.25) is 10.0 Å². The number of aryl methyl sites for hydroxylation is 1. The first-order valence-electron chi connectivity index (χ1n) is 10.6. The summed E-state index contributed by atoms with van der Waals surface area (Å²) < 4.78 is 0. The molecular weight excluding hydrogens is 447 g/mol. The molecular formula is C25H26Cl2N2O3. The fourth-order valence-corrected chi connectivity index (χ4v) is 5.62. The molecule has 5 nitrogen and oxygen atoms in total. The van der Waals surface area contributed by atoms with E-state index in [0.717, 1.165) is 29.8 Å². The maximum absolute atomic E-state index is 13.6. The van der Waals surface area contributed by atoms with E-state index in [9.17, 15) is 9.59 Å². The van der Waals surface area contributed by atoms with Gasteiger partial charge in [0.1, 0.15) is 0 Å². The van der Waals surface area contributed by atoms with Gasteiger partial charge in [0, 0.05) is 27.6 Å². The van der Waals surface area contributed by atoms with Crippen molar-refractivity contribution in [2.45, 2.75) is 47.0 Å². The second-order valence-electron chi connectivity index (χ2n) is 9.55. The van der Waals surface area contributed by atoms with Gasteiger partial charge in [-0.05, 0) is 73.2 Å². The van der Waals surface area contributed by atoms with Crippen molar-refractivity contribution in [3.63, 3.8) is 0 Å². The monoisotopic (exact) mass is 472 g/mol. The standard InChI is InChI=1S/C25H26Cl2N2O3/c1-15-13-18(27)9-10-19(15)28-22(31)25-12-11-24(4,23(25,2)3)20(14-25)29-32-21(30)16-5-7-17(26)8-6-16/h5-10,13H,11-12,14H2,1-4H3,(H,28,31). The van der Waals surface area contributed by atoms with Crippen molar-refractivity contribution < 1.29 is 14.4 Å². The van der Waals surface area contributed by atoms with E-state index in [1.165, 1.54) is 0 Å². The Hall–Kier alpha value is -2.37. The molecule has 0 radical (unpaired) electrons. The number of hydrogen-bond donors (Lipinski definition) is 1. The number of benzene rings is 2. The van der Waals surface area contributed by atoms with Crippen LogP contribution in [-0.4, -0.2) is 17.6 Å². The fraction of sp³-hybridized carbons (Fsp3) is 0.400. The van der Waals surface area contributed by atoms with E-state index < -0.39 is 11.4 Å². The number of carbonyl (C=O) groups excluding carboxylic acids is 2. The van der Waals surface area contributed by atoms with Gasteiger partial charge in [-0.2, -0.15) is 0 Å². The van der Waals surface area contributed by atoms with Gasteiger partial charge >= 0.3 is 5.97 Å². The highest BCUT2D eigenvalue weighted by molar-refractivity contribution is 6.31. The van der Waals surface area contributed by atoms with Gasteiger partial charge in [0.15, 0.2) is 0 Å². The van der Waals surface area contributed by atoms with Gasteiger partial charge in [-0.25, -0.2) is 4.79 Å². The number of amides is 1. The lowest BCUT2D eigenvalue weighted by Crippen LogP contribution is -2.43. The number of halogens is 2. The molecule has 0 saturated heterocycles. The summed E-state index contributed by atoms with van der Waals surface area (Å²) >= 11 is 11.9. The predicted octanol–water partition coefficient (Wildman–Crippen LogP) is 6.67. The average molecular weight is 473 g/mol. The van der Waals surface area contributed by atoms with Crippen LogP contribution in [0.1, 0.15) is 56.0 Å². The summed E-state index contributed by atoms with van der Waals surface area (Å²) in [5, 5.41) is 8.56. The van der Waals surface area contributed by atoms with Crippen LogP contribution in [-0.2, 0) is 9.63 Å². The van der Waals surface area contributed by atoms with Crippen LogP contribution < -0.4 is 5.32 Å². The lowest BCUT2D eigenvalue weighted by atomic mass is 9.64. The van der Waals surface area contributed by atoms with Crippen LogP contribution in [0.25, 0.3) is 0 Å². The third kappa shape index (κ3) is 3.43. The lowest BCUT2D eigenvalue weighted by Gasteiger charge is -2.39. The fourth-order valence-electron chi connectivity index (χ4n) is 5.27. The molecule has 2 aromatic rings. The maximum atomic E-state index is 13.6. The number of nitrogens with zero attached hydrogens (tertiary/aromatic N) is 1. The molecule has 2 aliphatic rings. The summed E-state index contributed by atoms with van der Waals surface area (Å²) in [5.41, 5.74) is 1.42. The minimum absolute atomic E-state index is 0.0362. The van der Waals surface area contributed by atoms with Crippen LogP contribution in [0, 0.1) is 23.2 Å². The Morgan fingerprint density at radius 1 is 1.00 bits per heavy atom. The highest BCUT2D eigenvalue weighted by atomic mass is 35.5. The van der Waals surface area contributed by atoms with Crippen LogP contribution >= 0.6 is 23.2 Å². The third-order valence-electron chi connectivity index (χ3n) is 7.92. The van der Waals surface area contributed by atoms with Crippen molar-refractivity contribution in [1.29, 1.82) is 0 Å². The molecule has 7 heteroatoms. The summed E-state index contributed by atoms with van der Waals surface area (Å²) in [4.78, 5) is 31.3. The Kier molecular flexibility index (Phi) is 5.62. The van der Waals surface area contributed by atoms with Crippen LogP contribution in [0.3, 0.4) is 0 Å². The quantitative estimate of drug-likeness (QED) is 0.398. The molecule has 2 aliphatic carbocycles. The Morgan fingerprint density at radius 2 is 1.66 bits per heavy atom. The summed E-state index contributed by atoms with van der Waals surface area (Å²) in [5.74, 6) is -0.584. The molecule has 0 aliphatic heterocycles. The number of oxime groups is 1. The summed E-state index contributed by atoms with van der Waals surface area (Å²) in [6, 6.07) is 11.9. The molecule has 0 aromatic heterocycles. The Bertz CT molecular complexity index is 1130. The molecule has 2 aromatic carbocycles. The van der Waals surface area contributed by atoms with E-state index in [-0.39, 0.29) is 16.7 Å². The van der Waals surface area contributed by atoms with Gasteiger partial charge in [0.2, 0.25) is 5.91 Å². The summed E-state index contributed by atoms with van der Waals surface area (Å²) in [7, 11) is 0. The van der Waals surface area contributed by atoms with Crippen molar-refractivity contribution in [3.8, 4) is 0 Å². The number of hydrogen-bond acceptors (Lipinski definition) is 4. The second-order valence-corrected chi connectivity index (χ2v) is 10.4. The molecule has 2 saturated carbocycles. The topological polar surface area (TPSA) is 67.8 Å². The number of rotatable bonds is 4. The molecule has 168 valence electrons. The average Bonchev–Trinajstić information content (AvgIpc) is 3.05. The van der Waals surface area contributed by atoms with Crippen molar-refractivity contribution >= 4 is 46.5 Å². The zero-order chi connectivity index (χ0) is 23.3. The van der Waals surface area contributed by atoms with E-state index in [0.29, 0.717) is 22.0 Å². The SMILES string of the molecule is Cc1cc(Cl)ccc1NC(=O)C12CCC(C)(C(=NOC(=O)c3ccc(Cl)cc3)C1)C2(C)C. The molecule has 2 atom stereocenters. The van der Waals surface area contributed by atoms with E-state index in [1.807, 2.05) is 19.1 Å². The van der Waals surface area contributed by atoms with Gasteiger partial charge in [-0.3, -0.25) is 4.79 Å². The van der Waals surface area contributed by atoms with Gasteiger partial charge in [-0.1, -0.05) is 49.1 Å². The van der Waals surface area contributed by atoms with Gasteiger partial charge in [0.25, 0.3) is 0 Å². The first-order chi connectivity index (χ1) is 15.0. The lowest BCUT2D eigenvalue weighted by molar-refractivity contribution is -0.130. The smallest absolute Gasteiger partial charge is 0.325 e. The molecule has 1 amide bonds. The highest BCUT2D eigenvalue weighted by Gasteiger charge is 2.71. The molecule has 0 heterocycles. The van der Waals surface area contributed by atoms with Gasteiger partial charge in [0.05, 0.1) is 16.7 Å². The van der Waals surface area contributed by atoms with E-state index in [2.05, 4.69) is 31.2 Å². The molecule has 2 bridgehead atoms. The van der Waals surface area contributed by atoms with Crippen LogP contribution in [0.4, 0.5) is 5.69 Å². The number of nitrogens with one attached hydrogen (secondary N) is 1. The molecule has 4 rings (SSSR count). The Labute approximate surface area is 198 Å². The van der Waals surface area contributed by atoms with Crippen molar-refractivity contribution in [1.82, 2.24) is 0 Å². The minimum atomic E-state index is -0.640. The first-order valence-corrected chi connectivity index (χ1v) is 11.4. The van der Waals surface area contributed by atoms with Crippen molar-refractivity contribution in [2.24, 2.45) is 21.4 Å². The predicted molar refractivity (Wildman–Crippen MR) is 127 cm³/mol. The van der Waals surface area contributed by atoms with E-state index in [1.54, 1.807) is 30.3 Å². The minimum Gasteiger partial charge on any atom is -0.325 e. The zero-order valence-electron chi connectivity index (χ0n) is 18.6. The summed E-state index contributed by atoms with van der Waals surface area (Å²) in [6.45, 7) is 8.24. The summed E-state index contributed by atoms with van der Waals surface area (Å²) in [6.07, 6.45) is 1.99. The van der Waals surface area contributed by atoms with Gasteiger partial charge < -0.3 is 10.2 Å². The van der Waals surface area contributed by atoms with E-state index in [4.69, 9.17) is 28.0 Å². The van der Waals surface area contributed by atoms with Crippen molar-refractivity contribution in [3.05, 3.63) is 63.6 Å². The van der Waals surface area contributed by atoms with Crippen LogP contribution in [0.15, 0.2) is 47.6 Å². The maximum Gasteiger partial charge on any atom is 0.365 e. The Morgan fingerprint density at radius 3 is 2.31 bits per heavy atom. The number of carbonyl (C=O) groups is 2. The van der Waals surface area contributed by atoms with Crippen molar-refractivity contribution in [2.75, 3.05) is 5.32 Å². The first kappa shape index (κ1) is 22.8. The van der Waals surface area contributed by atoms with E-state index >= 15 is 0 Å². The Balaban J connectivity index is 1.59. The third-order valence-corrected chi connectivity index (χ3v) is 8.41. The molecule has 1 N–H and O–H groups in total. The molecule has 32 heavy (non-hydrogen) atoms. The largest absolute Gasteiger partial charge is 0.365 e. The van der Waals surface area contributed by atoms with Gasteiger partial charge in [-0.15, -0.1) is 0 Å². The number of anilines is 1. The van der Waals surface area contributed by atoms with Crippen LogP contribution in [0.5, 0.6) is 0 Å². The number of fused-ring (bicyclic) bond motifs is 2. The zero-order valence-corrected chi connectivity index (χ0v) is 20.1. The molecule has 2 fully saturated rings. The molecule has 0 spiro atoms. The normalized spacial score (nSPS) is 26.9. The highest BCUT2D eigenvalue weighted by Crippen LogP contribution is 2.71. The second kappa shape index (κ2) is 7.89. The molecule has 2 unspecified atom stereocenters.